The largest absolute Gasteiger partial charge is 0.0859 e. The Kier molecular flexibility index (Phi) is 14.6. The molecule has 0 spiro atoms. The third kappa shape index (κ3) is 7.35. The van der Waals surface area contributed by atoms with Gasteiger partial charge in [-0.1, -0.05) is 221 Å². The van der Waals surface area contributed by atoms with Crippen LogP contribution in [0.1, 0.15) is 83.1 Å². The first kappa shape index (κ1) is 36.9. The SMILES string of the molecule is CC[Si](CC)(CC)c1cc(Pc2cc([Si](CC)(CC)CC)cc([Si](CC)(CC)CC)c2)cc([Si](CC)(CC)CC)c1. The van der Waals surface area contributed by atoms with Gasteiger partial charge in [-0.15, -0.1) is 0 Å². The van der Waals surface area contributed by atoms with Crippen molar-refractivity contribution in [1.82, 2.24) is 0 Å². The standard InChI is InChI=1S/C36H67PSi4/c1-13-38(14-2,15-3)33-25-31(26-34(29-33)39(16-4,17-5)18-6)37-32-27-35(40(19-7,20-8)21-9)30-36(28-32)41(22-10,23-11)24-12/h25-30,37H,13-24H2,1-12H3. The number of benzene rings is 2. The summed E-state index contributed by atoms with van der Waals surface area (Å²) in [5.74, 6) is 0. The van der Waals surface area contributed by atoms with Crippen LogP contribution in [0.5, 0.6) is 0 Å². The van der Waals surface area contributed by atoms with E-state index in [4.69, 9.17) is 0 Å². The van der Waals surface area contributed by atoms with Gasteiger partial charge in [0.1, 0.15) is 0 Å². The molecule has 2 rings (SSSR count). The zero-order chi connectivity index (χ0) is 30.9. The maximum Gasteiger partial charge on any atom is 0.0859 e. The molecule has 0 nitrogen and oxygen atoms in total. The van der Waals surface area contributed by atoms with Crippen LogP contribution in [0.15, 0.2) is 36.4 Å². The first-order chi connectivity index (χ1) is 19.6. The van der Waals surface area contributed by atoms with Crippen molar-refractivity contribution < 1.29 is 0 Å². The van der Waals surface area contributed by atoms with Gasteiger partial charge in [-0.25, -0.2) is 0 Å². The van der Waals surface area contributed by atoms with E-state index in [-0.39, 0.29) is 0 Å². The number of rotatable bonds is 18. The molecule has 0 aliphatic carbocycles. The van der Waals surface area contributed by atoms with Gasteiger partial charge < -0.3 is 0 Å². The van der Waals surface area contributed by atoms with E-state index in [9.17, 15) is 0 Å². The average molecular weight is 643 g/mol. The molecule has 0 bridgehead atoms. The molecule has 0 saturated carbocycles. The molecular formula is C36H67PSi4. The summed E-state index contributed by atoms with van der Waals surface area (Å²) in [6.45, 7) is 29.9. The predicted octanol–water partition coefficient (Wildman–Crippen LogP) is 9.18. The van der Waals surface area contributed by atoms with Gasteiger partial charge in [0, 0.05) is 0 Å². The molecule has 232 valence electrons. The molecular weight excluding hydrogens is 576 g/mol. The zero-order valence-electron chi connectivity index (χ0n) is 29.4. The molecule has 0 fully saturated rings. The van der Waals surface area contributed by atoms with Crippen LogP contribution in [0.25, 0.3) is 0 Å². The average Bonchev–Trinajstić information content (AvgIpc) is 3.02. The zero-order valence-corrected chi connectivity index (χ0v) is 34.4. The first-order valence-electron chi connectivity index (χ1n) is 17.7. The van der Waals surface area contributed by atoms with Gasteiger partial charge in [0.05, 0.1) is 32.3 Å². The number of hydrogen-bond donors (Lipinski definition) is 0. The fraction of sp³-hybridized carbons (Fsp3) is 0.667. The van der Waals surface area contributed by atoms with Crippen molar-refractivity contribution in [2.75, 3.05) is 0 Å². The van der Waals surface area contributed by atoms with Crippen LogP contribution in [0.2, 0.25) is 72.5 Å². The summed E-state index contributed by atoms with van der Waals surface area (Å²) in [7, 11) is -5.08. The Bertz CT molecular complexity index is 884. The van der Waals surface area contributed by atoms with Crippen molar-refractivity contribution in [2.24, 2.45) is 0 Å². The Labute approximate surface area is 263 Å². The van der Waals surface area contributed by atoms with Crippen LogP contribution in [-0.2, 0) is 0 Å². The third-order valence-corrected chi connectivity index (χ3v) is 36.2. The summed E-state index contributed by atoms with van der Waals surface area (Å²) in [6, 6.07) is 33.0. The van der Waals surface area contributed by atoms with Crippen LogP contribution in [0, 0.1) is 0 Å². The number of hydrogen-bond acceptors (Lipinski definition) is 0. The van der Waals surface area contributed by atoms with Crippen molar-refractivity contribution in [1.29, 1.82) is 0 Å². The maximum absolute atomic E-state index is 2.77. The minimum atomic E-state index is -1.47. The van der Waals surface area contributed by atoms with E-state index >= 15 is 0 Å². The highest BCUT2D eigenvalue weighted by Gasteiger charge is 2.36. The van der Waals surface area contributed by atoms with Gasteiger partial charge in [-0.05, 0) is 10.6 Å². The molecule has 0 unspecified atom stereocenters. The lowest BCUT2D eigenvalue weighted by atomic mass is 10.3. The maximum atomic E-state index is 2.77. The van der Waals surface area contributed by atoms with Crippen molar-refractivity contribution in [3.63, 3.8) is 0 Å². The van der Waals surface area contributed by atoms with E-state index in [0.717, 1.165) is 8.58 Å². The summed E-state index contributed by atoms with van der Waals surface area (Å²) in [6.07, 6.45) is 0. The molecule has 0 N–H and O–H groups in total. The molecule has 5 heteroatoms. The second kappa shape index (κ2) is 16.2. The van der Waals surface area contributed by atoms with Crippen molar-refractivity contribution in [3.8, 4) is 0 Å². The molecule has 0 aliphatic rings. The molecule has 0 atom stereocenters. The monoisotopic (exact) mass is 642 g/mol. The van der Waals surface area contributed by atoms with Crippen molar-refractivity contribution in [3.05, 3.63) is 36.4 Å². The Morgan fingerprint density at radius 3 is 0.634 bits per heavy atom. The summed E-state index contributed by atoms with van der Waals surface area (Å²) >= 11 is 0. The summed E-state index contributed by atoms with van der Waals surface area (Å²) in [4.78, 5) is 0. The van der Waals surface area contributed by atoms with E-state index in [1.165, 1.54) is 72.5 Å². The van der Waals surface area contributed by atoms with Gasteiger partial charge in [0.25, 0.3) is 0 Å². The molecule has 2 aromatic carbocycles. The van der Waals surface area contributed by atoms with Crippen molar-refractivity contribution in [2.45, 2.75) is 156 Å². The topological polar surface area (TPSA) is 0 Å². The highest BCUT2D eigenvalue weighted by Crippen LogP contribution is 2.27. The fourth-order valence-electron chi connectivity index (χ4n) is 8.24. The van der Waals surface area contributed by atoms with Crippen LogP contribution >= 0.6 is 8.58 Å². The predicted molar refractivity (Wildman–Crippen MR) is 208 cm³/mol. The molecule has 0 aromatic heterocycles. The third-order valence-electron chi connectivity index (χ3n) is 12.7. The minimum absolute atomic E-state index is 0.784. The quantitative estimate of drug-likeness (QED) is 0.112. The van der Waals surface area contributed by atoms with Crippen LogP contribution in [-0.4, -0.2) is 32.3 Å². The highest BCUT2D eigenvalue weighted by atomic mass is 31.1. The molecule has 0 heterocycles. The second-order valence-electron chi connectivity index (χ2n) is 13.1. The fourth-order valence-corrected chi connectivity index (χ4v) is 24.9. The molecule has 0 saturated heterocycles. The van der Waals surface area contributed by atoms with Gasteiger partial charge in [-0.2, -0.15) is 0 Å². The Balaban J connectivity index is 2.90. The van der Waals surface area contributed by atoms with Crippen molar-refractivity contribution >= 4 is 72.2 Å². The van der Waals surface area contributed by atoms with E-state index in [0.29, 0.717) is 0 Å². The Morgan fingerprint density at radius 1 is 0.317 bits per heavy atom. The molecule has 41 heavy (non-hydrogen) atoms. The van der Waals surface area contributed by atoms with Crippen LogP contribution in [0.3, 0.4) is 0 Å². The van der Waals surface area contributed by atoms with Gasteiger partial charge in [-0.3, -0.25) is 0 Å². The smallest absolute Gasteiger partial charge is 0.0675 e. The summed E-state index contributed by atoms with van der Waals surface area (Å²) in [5.41, 5.74) is 0. The minimum Gasteiger partial charge on any atom is -0.0675 e. The lowest BCUT2D eigenvalue weighted by Crippen LogP contribution is -2.54. The van der Waals surface area contributed by atoms with Gasteiger partial charge in [0.2, 0.25) is 0 Å². The lowest BCUT2D eigenvalue weighted by molar-refractivity contribution is 1.19. The normalized spacial score (nSPS) is 13.2. The van der Waals surface area contributed by atoms with E-state index in [2.05, 4.69) is 119 Å². The molecule has 0 aliphatic heterocycles. The highest BCUT2D eigenvalue weighted by molar-refractivity contribution is 7.55. The Morgan fingerprint density at radius 2 is 0.488 bits per heavy atom. The molecule has 0 radical (unpaired) electrons. The lowest BCUT2D eigenvalue weighted by Gasteiger charge is -2.35. The van der Waals surface area contributed by atoms with Crippen LogP contribution < -0.4 is 31.4 Å². The van der Waals surface area contributed by atoms with E-state index in [1.807, 2.05) is 0 Å². The van der Waals surface area contributed by atoms with E-state index in [1.54, 1.807) is 31.4 Å². The summed E-state index contributed by atoms with van der Waals surface area (Å²) < 4.78 is 0. The van der Waals surface area contributed by atoms with Gasteiger partial charge >= 0.3 is 0 Å². The Hall–Kier alpha value is -0.262. The second-order valence-corrected chi connectivity index (χ2v) is 35.5. The van der Waals surface area contributed by atoms with E-state index < -0.39 is 32.3 Å². The molecule has 2 aromatic rings. The van der Waals surface area contributed by atoms with Gasteiger partial charge in [0.15, 0.2) is 0 Å². The molecule has 0 amide bonds. The first-order valence-corrected chi connectivity index (χ1v) is 29.2. The summed E-state index contributed by atoms with van der Waals surface area (Å²) in [5, 5.41) is 10.4. The van der Waals surface area contributed by atoms with Crippen LogP contribution in [0.4, 0.5) is 0 Å².